The first-order chi connectivity index (χ1) is 8.65. The van der Waals surface area contributed by atoms with Gasteiger partial charge >= 0.3 is 0 Å². The van der Waals surface area contributed by atoms with E-state index in [1.807, 2.05) is 12.3 Å². The molecule has 2 unspecified atom stereocenters. The van der Waals surface area contributed by atoms with Crippen LogP contribution in [0.3, 0.4) is 0 Å². The molecule has 6 heteroatoms. The van der Waals surface area contributed by atoms with Crippen molar-refractivity contribution in [3.63, 3.8) is 0 Å². The van der Waals surface area contributed by atoms with Gasteiger partial charge in [-0.15, -0.1) is 22.9 Å². The normalized spacial score (nSPS) is 24.1. The second-order valence-electron chi connectivity index (χ2n) is 4.25. The van der Waals surface area contributed by atoms with Crippen molar-refractivity contribution in [1.29, 1.82) is 0 Å². The van der Waals surface area contributed by atoms with Gasteiger partial charge in [-0.25, -0.2) is 0 Å². The van der Waals surface area contributed by atoms with Gasteiger partial charge in [0.15, 0.2) is 0 Å². The Balaban J connectivity index is 2.13. The van der Waals surface area contributed by atoms with E-state index < -0.39 is 0 Å². The Hall–Kier alpha value is -0.780. The van der Waals surface area contributed by atoms with Crippen LogP contribution in [0.2, 0.25) is 0 Å². The van der Waals surface area contributed by atoms with Crippen molar-refractivity contribution >= 4 is 28.8 Å². The predicted molar refractivity (Wildman–Crippen MR) is 71.8 cm³/mol. The van der Waals surface area contributed by atoms with E-state index in [2.05, 4.69) is 0 Å². The SMILES string of the molecule is COc1ccsc1C(=O)N1CC(C)OC(CCl)C1. The maximum Gasteiger partial charge on any atom is 0.267 e. The largest absolute Gasteiger partial charge is 0.495 e. The molecule has 2 heterocycles. The number of alkyl halides is 1. The molecule has 1 fully saturated rings. The average molecular weight is 290 g/mol. The molecular formula is C12H16ClNO3S. The minimum absolute atomic E-state index is 0.00730. The van der Waals surface area contributed by atoms with Gasteiger partial charge < -0.3 is 14.4 Å². The number of rotatable bonds is 3. The first-order valence-corrected chi connectivity index (χ1v) is 7.19. The molecule has 0 spiro atoms. The maximum atomic E-state index is 12.4. The molecule has 0 aliphatic carbocycles. The molecule has 1 saturated heterocycles. The summed E-state index contributed by atoms with van der Waals surface area (Å²) < 4.78 is 10.8. The van der Waals surface area contributed by atoms with Gasteiger partial charge in [-0.1, -0.05) is 0 Å². The highest BCUT2D eigenvalue weighted by atomic mass is 35.5. The average Bonchev–Trinajstić information content (AvgIpc) is 2.85. The van der Waals surface area contributed by atoms with Gasteiger partial charge in [-0.3, -0.25) is 4.79 Å². The molecule has 4 nitrogen and oxygen atoms in total. The summed E-state index contributed by atoms with van der Waals surface area (Å²) >= 11 is 7.21. The van der Waals surface area contributed by atoms with E-state index >= 15 is 0 Å². The lowest BCUT2D eigenvalue weighted by atomic mass is 10.2. The lowest BCUT2D eigenvalue weighted by Gasteiger charge is -2.35. The molecule has 100 valence electrons. The fraction of sp³-hybridized carbons (Fsp3) is 0.583. The topological polar surface area (TPSA) is 38.8 Å². The summed E-state index contributed by atoms with van der Waals surface area (Å²) in [5.41, 5.74) is 0. The number of halogens is 1. The number of nitrogens with zero attached hydrogens (tertiary/aromatic N) is 1. The van der Waals surface area contributed by atoms with Crippen LogP contribution in [0.15, 0.2) is 11.4 Å². The molecule has 1 aromatic heterocycles. The smallest absolute Gasteiger partial charge is 0.267 e. The number of carbonyl (C=O) groups is 1. The molecule has 2 atom stereocenters. The van der Waals surface area contributed by atoms with Crippen LogP contribution >= 0.6 is 22.9 Å². The monoisotopic (exact) mass is 289 g/mol. The fourth-order valence-electron chi connectivity index (χ4n) is 2.05. The third-order valence-electron chi connectivity index (χ3n) is 2.83. The van der Waals surface area contributed by atoms with Crippen molar-refractivity contribution in [2.24, 2.45) is 0 Å². The van der Waals surface area contributed by atoms with E-state index in [9.17, 15) is 4.79 Å². The third-order valence-corrected chi connectivity index (χ3v) is 4.06. The second kappa shape index (κ2) is 5.91. The van der Waals surface area contributed by atoms with Crippen molar-refractivity contribution in [3.8, 4) is 5.75 Å². The molecular weight excluding hydrogens is 274 g/mol. The Morgan fingerprint density at radius 1 is 1.67 bits per heavy atom. The summed E-state index contributed by atoms with van der Waals surface area (Å²) in [6, 6.07) is 1.81. The van der Waals surface area contributed by atoms with Crippen molar-refractivity contribution < 1.29 is 14.3 Å². The highest BCUT2D eigenvalue weighted by Crippen LogP contribution is 2.27. The van der Waals surface area contributed by atoms with Crippen LogP contribution < -0.4 is 4.74 Å². The van der Waals surface area contributed by atoms with Crippen LogP contribution in [0.4, 0.5) is 0 Å². The van der Waals surface area contributed by atoms with E-state index in [-0.39, 0.29) is 18.1 Å². The quantitative estimate of drug-likeness (QED) is 0.801. The van der Waals surface area contributed by atoms with E-state index in [4.69, 9.17) is 21.1 Å². The summed E-state index contributed by atoms with van der Waals surface area (Å²) in [6.07, 6.45) is -0.0808. The van der Waals surface area contributed by atoms with Gasteiger partial charge in [0.2, 0.25) is 0 Å². The predicted octanol–water partition coefficient (Wildman–Crippen LogP) is 2.22. The Morgan fingerprint density at radius 3 is 3.11 bits per heavy atom. The van der Waals surface area contributed by atoms with Gasteiger partial charge in [-0.05, 0) is 18.4 Å². The minimum Gasteiger partial charge on any atom is -0.495 e. The first-order valence-electron chi connectivity index (χ1n) is 5.78. The number of hydrogen-bond donors (Lipinski definition) is 0. The van der Waals surface area contributed by atoms with Crippen LogP contribution in [-0.2, 0) is 4.74 Å². The van der Waals surface area contributed by atoms with Crippen molar-refractivity contribution in [2.45, 2.75) is 19.1 Å². The molecule has 0 bridgehead atoms. The molecule has 1 amide bonds. The molecule has 1 aliphatic rings. The number of morpholine rings is 1. The van der Waals surface area contributed by atoms with Crippen molar-refractivity contribution in [2.75, 3.05) is 26.1 Å². The third kappa shape index (κ3) is 2.79. The molecule has 1 aromatic rings. The van der Waals surface area contributed by atoms with E-state index in [1.165, 1.54) is 11.3 Å². The van der Waals surface area contributed by atoms with E-state index in [0.717, 1.165) is 0 Å². The Kier molecular flexibility index (Phi) is 4.48. The molecule has 0 N–H and O–H groups in total. The molecule has 0 radical (unpaired) electrons. The summed E-state index contributed by atoms with van der Waals surface area (Å²) in [5.74, 6) is 1.02. The number of hydrogen-bond acceptors (Lipinski definition) is 4. The van der Waals surface area contributed by atoms with Gasteiger partial charge in [0, 0.05) is 13.1 Å². The molecule has 0 aromatic carbocycles. The number of carbonyl (C=O) groups excluding carboxylic acids is 1. The van der Waals surface area contributed by atoms with Gasteiger partial charge in [-0.2, -0.15) is 0 Å². The number of thiophene rings is 1. The van der Waals surface area contributed by atoms with Crippen LogP contribution in [-0.4, -0.2) is 49.1 Å². The Labute approximate surface area is 115 Å². The van der Waals surface area contributed by atoms with Crippen molar-refractivity contribution in [3.05, 3.63) is 16.3 Å². The highest BCUT2D eigenvalue weighted by Gasteiger charge is 2.30. The van der Waals surface area contributed by atoms with Gasteiger partial charge in [0.05, 0.1) is 25.2 Å². The highest BCUT2D eigenvalue weighted by molar-refractivity contribution is 7.12. The van der Waals surface area contributed by atoms with Gasteiger partial charge in [0.25, 0.3) is 5.91 Å². The van der Waals surface area contributed by atoms with Gasteiger partial charge in [0.1, 0.15) is 10.6 Å². The zero-order valence-electron chi connectivity index (χ0n) is 10.4. The zero-order valence-corrected chi connectivity index (χ0v) is 12.0. The van der Waals surface area contributed by atoms with Crippen LogP contribution in [0.25, 0.3) is 0 Å². The van der Waals surface area contributed by atoms with E-state index in [0.29, 0.717) is 29.6 Å². The van der Waals surface area contributed by atoms with Crippen molar-refractivity contribution in [1.82, 2.24) is 4.90 Å². The summed E-state index contributed by atoms with van der Waals surface area (Å²) in [4.78, 5) is 14.8. The summed E-state index contributed by atoms with van der Waals surface area (Å²) in [6.45, 7) is 3.08. The van der Waals surface area contributed by atoms with Crippen LogP contribution in [0.1, 0.15) is 16.6 Å². The number of methoxy groups -OCH3 is 1. The molecule has 1 aliphatic heterocycles. The van der Waals surface area contributed by atoms with E-state index in [1.54, 1.807) is 18.1 Å². The van der Waals surface area contributed by atoms with Crippen LogP contribution in [0, 0.1) is 0 Å². The molecule has 2 rings (SSSR count). The standard InChI is InChI=1S/C12H16ClNO3S/c1-8-6-14(7-9(5-13)17-8)12(15)11-10(16-2)3-4-18-11/h3-4,8-9H,5-7H2,1-2H3. The summed E-state index contributed by atoms with van der Waals surface area (Å²) in [5, 5.41) is 1.86. The lowest BCUT2D eigenvalue weighted by Crippen LogP contribution is -2.49. The Morgan fingerprint density at radius 2 is 2.44 bits per heavy atom. The lowest BCUT2D eigenvalue weighted by molar-refractivity contribution is -0.0569. The molecule has 0 saturated carbocycles. The first kappa shape index (κ1) is 13.6. The van der Waals surface area contributed by atoms with Crippen LogP contribution in [0.5, 0.6) is 5.75 Å². The maximum absolute atomic E-state index is 12.4. The fourth-order valence-corrected chi connectivity index (χ4v) is 3.05. The number of amides is 1. The number of ether oxygens (including phenoxy) is 2. The Bertz CT molecular complexity index is 423. The zero-order chi connectivity index (χ0) is 13.1. The summed E-state index contributed by atoms with van der Waals surface area (Å²) in [7, 11) is 1.57. The minimum atomic E-state index is -0.0923. The second-order valence-corrected chi connectivity index (χ2v) is 5.48. The molecule has 18 heavy (non-hydrogen) atoms.